The normalized spacial score (nSPS) is 22.2. The first kappa shape index (κ1) is 22.7. The van der Waals surface area contributed by atoms with Gasteiger partial charge in [-0.05, 0) is 43.2 Å². The molecule has 170 valence electrons. The first-order chi connectivity index (χ1) is 15.1. The molecule has 1 fully saturated rings. The molecule has 1 aliphatic carbocycles. The van der Waals surface area contributed by atoms with E-state index in [1.165, 1.54) is 13.2 Å². The number of alkyl halides is 3. The zero-order valence-electron chi connectivity index (χ0n) is 16.4. The van der Waals surface area contributed by atoms with Crippen molar-refractivity contribution in [3.8, 4) is 11.5 Å². The van der Waals surface area contributed by atoms with Gasteiger partial charge in [0.15, 0.2) is 11.6 Å². The Kier molecular flexibility index (Phi) is 5.75. The van der Waals surface area contributed by atoms with E-state index < -0.39 is 35.0 Å². The van der Waals surface area contributed by atoms with Crippen molar-refractivity contribution in [3.05, 3.63) is 57.3 Å². The molecule has 2 unspecified atom stereocenters. The van der Waals surface area contributed by atoms with E-state index in [2.05, 4.69) is 5.16 Å². The Labute approximate surface area is 189 Å². The van der Waals surface area contributed by atoms with Crippen LogP contribution in [-0.4, -0.2) is 24.4 Å². The SMILES string of the molecule is COC(=O)C12CCCC1C(c1cc(Oc3ccc(C(F)(F)F)cc3Cl)c(F)cc1Cl)=NO2. The third kappa shape index (κ3) is 3.77. The molecule has 0 radical (unpaired) electrons. The molecule has 0 amide bonds. The van der Waals surface area contributed by atoms with Crippen molar-refractivity contribution in [1.82, 2.24) is 0 Å². The van der Waals surface area contributed by atoms with Gasteiger partial charge in [0.05, 0.1) is 34.3 Å². The van der Waals surface area contributed by atoms with E-state index in [4.69, 9.17) is 37.5 Å². The maximum Gasteiger partial charge on any atom is 0.416 e. The van der Waals surface area contributed by atoms with E-state index in [9.17, 15) is 22.4 Å². The van der Waals surface area contributed by atoms with Gasteiger partial charge in [-0.1, -0.05) is 28.4 Å². The van der Waals surface area contributed by atoms with Gasteiger partial charge in [0, 0.05) is 12.0 Å². The fraction of sp³-hybridized carbons (Fsp3) is 0.333. The Morgan fingerprint density at radius 1 is 1.19 bits per heavy atom. The Bertz CT molecular complexity index is 1120. The van der Waals surface area contributed by atoms with Crippen LogP contribution in [0.25, 0.3) is 0 Å². The first-order valence-electron chi connectivity index (χ1n) is 9.45. The lowest BCUT2D eigenvalue weighted by Crippen LogP contribution is -2.43. The fourth-order valence-corrected chi connectivity index (χ4v) is 4.48. The molecule has 0 aromatic heterocycles. The lowest BCUT2D eigenvalue weighted by Gasteiger charge is -2.23. The van der Waals surface area contributed by atoms with Gasteiger partial charge in [-0.15, -0.1) is 0 Å². The van der Waals surface area contributed by atoms with E-state index in [1.807, 2.05) is 0 Å². The molecule has 1 heterocycles. The molecule has 4 rings (SSSR count). The maximum atomic E-state index is 14.6. The van der Waals surface area contributed by atoms with E-state index in [0.717, 1.165) is 18.2 Å². The third-order valence-corrected chi connectivity index (χ3v) is 6.16. The van der Waals surface area contributed by atoms with Crippen LogP contribution in [0.15, 0.2) is 35.5 Å². The number of oxime groups is 1. The number of rotatable bonds is 4. The molecule has 2 aromatic rings. The smallest absolute Gasteiger partial charge is 0.416 e. The molecule has 0 bridgehead atoms. The van der Waals surface area contributed by atoms with Crippen molar-refractivity contribution in [2.45, 2.75) is 31.0 Å². The molecule has 2 aliphatic rings. The summed E-state index contributed by atoms with van der Waals surface area (Å²) in [5.41, 5.74) is -1.63. The van der Waals surface area contributed by atoms with Crippen molar-refractivity contribution < 1.29 is 36.7 Å². The van der Waals surface area contributed by atoms with Crippen LogP contribution < -0.4 is 4.74 Å². The number of benzene rings is 2. The maximum absolute atomic E-state index is 14.6. The summed E-state index contributed by atoms with van der Waals surface area (Å²) in [6.45, 7) is 0. The molecule has 1 aliphatic heterocycles. The Morgan fingerprint density at radius 3 is 2.59 bits per heavy atom. The van der Waals surface area contributed by atoms with Gasteiger partial charge < -0.3 is 14.3 Å². The number of halogens is 6. The zero-order chi connectivity index (χ0) is 23.3. The summed E-state index contributed by atoms with van der Waals surface area (Å²) >= 11 is 12.1. The van der Waals surface area contributed by atoms with Gasteiger partial charge in [-0.3, -0.25) is 0 Å². The van der Waals surface area contributed by atoms with Crippen LogP contribution in [0.4, 0.5) is 17.6 Å². The highest BCUT2D eigenvalue weighted by Crippen LogP contribution is 2.47. The third-order valence-electron chi connectivity index (χ3n) is 5.55. The van der Waals surface area contributed by atoms with E-state index in [-0.39, 0.29) is 27.1 Å². The second kappa shape index (κ2) is 8.12. The minimum absolute atomic E-state index is 0.00304. The largest absolute Gasteiger partial charge is 0.466 e. The summed E-state index contributed by atoms with van der Waals surface area (Å²) in [7, 11) is 1.25. The van der Waals surface area contributed by atoms with E-state index in [1.54, 1.807) is 0 Å². The minimum atomic E-state index is -4.59. The molecule has 11 heteroatoms. The monoisotopic (exact) mass is 491 g/mol. The minimum Gasteiger partial charge on any atom is -0.466 e. The molecule has 5 nitrogen and oxygen atoms in total. The number of nitrogens with zero attached hydrogens (tertiary/aromatic N) is 1. The van der Waals surface area contributed by atoms with Crippen LogP contribution in [0.1, 0.15) is 30.4 Å². The van der Waals surface area contributed by atoms with Crippen molar-refractivity contribution >= 4 is 34.9 Å². The molecule has 32 heavy (non-hydrogen) atoms. The molecule has 0 saturated heterocycles. The van der Waals surface area contributed by atoms with Gasteiger partial charge >= 0.3 is 12.1 Å². The standard InChI is InChI=1S/C21H15Cl2F4NO4/c1-30-19(29)20-6-2-3-12(20)18(28-32-20)11-8-17(15(24)9-13(11)22)31-16-5-4-10(7-14(16)23)21(25,26)27/h4-5,7-9,12H,2-3,6H2,1H3. The van der Waals surface area contributed by atoms with Crippen LogP contribution in [0.3, 0.4) is 0 Å². The Morgan fingerprint density at radius 2 is 1.94 bits per heavy atom. The number of carbonyl (C=O) groups is 1. The average Bonchev–Trinajstić information content (AvgIpc) is 3.30. The molecule has 2 aromatic carbocycles. The zero-order valence-corrected chi connectivity index (χ0v) is 17.9. The summed E-state index contributed by atoms with van der Waals surface area (Å²) in [6.07, 6.45) is -2.93. The Balaban J connectivity index is 1.67. The molecule has 1 saturated carbocycles. The first-order valence-corrected chi connectivity index (χ1v) is 10.2. The highest BCUT2D eigenvalue weighted by Gasteiger charge is 2.59. The number of esters is 1. The number of ether oxygens (including phenoxy) is 2. The lowest BCUT2D eigenvalue weighted by atomic mass is 9.84. The van der Waals surface area contributed by atoms with Crippen LogP contribution >= 0.6 is 23.2 Å². The molecule has 2 atom stereocenters. The predicted octanol–water partition coefficient (Wildman–Crippen LogP) is 6.39. The number of hydrogen-bond acceptors (Lipinski definition) is 5. The lowest BCUT2D eigenvalue weighted by molar-refractivity contribution is -0.168. The van der Waals surface area contributed by atoms with Gasteiger partial charge in [-0.25, -0.2) is 9.18 Å². The average molecular weight is 492 g/mol. The van der Waals surface area contributed by atoms with Crippen molar-refractivity contribution in [2.24, 2.45) is 11.1 Å². The highest BCUT2D eigenvalue weighted by atomic mass is 35.5. The summed E-state index contributed by atoms with van der Waals surface area (Å²) in [5, 5.41) is 3.68. The molecular formula is C21H15Cl2F4NO4. The van der Waals surface area contributed by atoms with Gasteiger partial charge in [-0.2, -0.15) is 13.2 Å². The highest BCUT2D eigenvalue weighted by molar-refractivity contribution is 6.34. The summed E-state index contributed by atoms with van der Waals surface area (Å²) in [6, 6.07) is 4.69. The van der Waals surface area contributed by atoms with Gasteiger partial charge in [0.25, 0.3) is 0 Å². The predicted molar refractivity (Wildman–Crippen MR) is 108 cm³/mol. The fourth-order valence-electron chi connectivity index (χ4n) is 4.01. The van der Waals surface area contributed by atoms with Crippen LogP contribution in [0, 0.1) is 11.7 Å². The Hall–Kier alpha value is -2.52. The second-order valence-corrected chi connectivity index (χ2v) is 8.22. The van der Waals surface area contributed by atoms with Crippen LogP contribution in [-0.2, 0) is 20.5 Å². The van der Waals surface area contributed by atoms with Crippen molar-refractivity contribution in [2.75, 3.05) is 7.11 Å². The van der Waals surface area contributed by atoms with Gasteiger partial charge in [0.1, 0.15) is 5.75 Å². The van der Waals surface area contributed by atoms with E-state index in [0.29, 0.717) is 31.0 Å². The molecule has 0 spiro atoms. The summed E-state index contributed by atoms with van der Waals surface area (Å²) in [4.78, 5) is 17.8. The quantitative estimate of drug-likeness (QED) is 0.367. The number of methoxy groups -OCH3 is 1. The molecular weight excluding hydrogens is 477 g/mol. The summed E-state index contributed by atoms with van der Waals surface area (Å²) in [5.74, 6) is -2.39. The second-order valence-electron chi connectivity index (χ2n) is 7.40. The number of fused-ring (bicyclic) bond motifs is 1. The number of carbonyl (C=O) groups excluding carboxylic acids is 1. The van der Waals surface area contributed by atoms with Crippen molar-refractivity contribution in [1.29, 1.82) is 0 Å². The summed E-state index contributed by atoms with van der Waals surface area (Å²) < 4.78 is 63.4. The topological polar surface area (TPSA) is 57.1 Å². The molecule has 0 N–H and O–H groups in total. The van der Waals surface area contributed by atoms with E-state index >= 15 is 0 Å². The number of hydrogen-bond donors (Lipinski definition) is 0. The van der Waals surface area contributed by atoms with Crippen LogP contribution in [0.2, 0.25) is 10.0 Å². The van der Waals surface area contributed by atoms with Gasteiger partial charge in [0.2, 0.25) is 5.60 Å². The van der Waals surface area contributed by atoms with Crippen molar-refractivity contribution in [3.63, 3.8) is 0 Å². The van der Waals surface area contributed by atoms with Crippen LogP contribution in [0.5, 0.6) is 11.5 Å².